The molecule has 6 heteroatoms. The zero-order chi connectivity index (χ0) is 12.8. The van der Waals surface area contributed by atoms with Gasteiger partial charge in [0.1, 0.15) is 0 Å². The van der Waals surface area contributed by atoms with E-state index in [-0.39, 0.29) is 30.7 Å². The van der Waals surface area contributed by atoms with Gasteiger partial charge in [0.2, 0.25) is 5.91 Å². The predicted octanol–water partition coefficient (Wildman–Crippen LogP) is 1.63. The molecule has 0 aliphatic carbocycles. The number of carbonyl (C=O) groups is 1. The lowest BCUT2D eigenvalue weighted by molar-refractivity contribution is -0.133. The summed E-state index contributed by atoms with van der Waals surface area (Å²) in [5, 5.41) is 3.22. The van der Waals surface area contributed by atoms with Gasteiger partial charge in [0.05, 0.1) is 6.54 Å². The Hall–Kier alpha value is -0.0300. The number of hydrogen-bond acceptors (Lipinski definition) is 3. The van der Waals surface area contributed by atoms with Crippen molar-refractivity contribution < 1.29 is 4.79 Å². The van der Waals surface area contributed by atoms with Crippen molar-refractivity contribution in [1.82, 2.24) is 15.1 Å². The van der Waals surface area contributed by atoms with E-state index >= 15 is 0 Å². The average Bonchev–Trinajstić information content (AvgIpc) is 2.30. The van der Waals surface area contributed by atoms with Crippen molar-refractivity contribution in [3.63, 3.8) is 0 Å². The van der Waals surface area contributed by atoms with Crippen LogP contribution in [0.1, 0.15) is 26.7 Å². The second kappa shape index (κ2) is 10.7. The van der Waals surface area contributed by atoms with Crippen LogP contribution in [0.3, 0.4) is 0 Å². The summed E-state index contributed by atoms with van der Waals surface area (Å²) in [6, 6.07) is 0.431. The molecule has 1 aliphatic rings. The van der Waals surface area contributed by atoms with E-state index in [1.54, 1.807) is 0 Å². The van der Waals surface area contributed by atoms with Gasteiger partial charge in [-0.3, -0.25) is 9.69 Å². The van der Waals surface area contributed by atoms with Gasteiger partial charge in [0.15, 0.2) is 0 Å². The van der Waals surface area contributed by atoms with E-state index in [9.17, 15) is 4.79 Å². The summed E-state index contributed by atoms with van der Waals surface area (Å²) in [4.78, 5) is 16.2. The lowest BCUT2D eigenvalue weighted by Crippen LogP contribution is -2.45. The fourth-order valence-corrected chi connectivity index (χ4v) is 2.17. The normalized spacial score (nSPS) is 16.2. The summed E-state index contributed by atoms with van der Waals surface area (Å²) in [5.74, 6) is 1.02. The molecule has 0 aromatic rings. The van der Waals surface area contributed by atoms with Crippen LogP contribution in [0.25, 0.3) is 0 Å². The molecule has 1 aliphatic heterocycles. The van der Waals surface area contributed by atoms with Crippen molar-refractivity contribution >= 4 is 30.7 Å². The average molecular weight is 314 g/mol. The second-order valence-electron chi connectivity index (χ2n) is 5.39. The molecule has 116 valence electrons. The van der Waals surface area contributed by atoms with Gasteiger partial charge in [-0.25, -0.2) is 0 Å². The summed E-state index contributed by atoms with van der Waals surface area (Å²) < 4.78 is 0. The maximum absolute atomic E-state index is 12.0. The van der Waals surface area contributed by atoms with E-state index < -0.39 is 0 Å². The van der Waals surface area contributed by atoms with Crippen LogP contribution in [0.15, 0.2) is 0 Å². The molecule has 19 heavy (non-hydrogen) atoms. The van der Waals surface area contributed by atoms with Crippen LogP contribution in [-0.2, 0) is 4.79 Å². The molecule has 1 heterocycles. The summed E-state index contributed by atoms with van der Waals surface area (Å²) in [6.07, 6.45) is 2.27. The van der Waals surface area contributed by atoms with Gasteiger partial charge in [-0.2, -0.15) is 0 Å². The molecule has 0 saturated carbocycles. The Morgan fingerprint density at radius 1 is 1.32 bits per heavy atom. The number of hydrogen-bond donors (Lipinski definition) is 1. The third-order valence-corrected chi connectivity index (χ3v) is 3.73. The van der Waals surface area contributed by atoms with E-state index in [0.717, 1.165) is 38.4 Å². The first-order valence-electron chi connectivity index (χ1n) is 6.67. The van der Waals surface area contributed by atoms with E-state index in [1.807, 2.05) is 19.0 Å². The molecule has 1 saturated heterocycles. The number of rotatable bonds is 5. The highest BCUT2D eigenvalue weighted by atomic mass is 35.5. The number of likely N-dealkylation sites (tertiary alicyclic amines) is 1. The van der Waals surface area contributed by atoms with Crippen molar-refractivity contribution in [3.05, 3.63) is 0 Å². The summed E-state index contributed by atoms with van der Waals surface area (Å²) in [7, 11) is 4.01. The third kappa shape index (κ3) is 7.35. The largest absolute Gasteiger partial charge is 0.342 e. The van der Waals surface area contributed by atoms with Crippen LogP contribution >= 0.6 is 24.8 Å². The minimum Gasteiger partial charge on any atom is -0.342 e. The summed E-state index contributed by atoms with van der Waals surface area (Å²) >= 11 is 0. The van der Waals surface area contributed by atoms with Crippen LogP contribution in [0.4, 0.5) is 0 Å². The quantitative estimate of drug-likeness (QED) is 0.838. The van der Waals surface area contributed by atoms with Crippen LogP contribution in [0, 0.1) is 5.92 Å². The Labute approximate surface area is 130 Å². The maximum atomic E-state index is 12.0. The predicted molar refractivity (Wildman–Crippen MR) is 85.5 cm³/mol. The first kappa shape index (κ1) is 21.3. The molecule has 1 N–H and O–H groups in total. The van der Waals surface area contributed by atoms with Crippen LogP contribution in [0.5, 0.6) is 0 Å². The van der Waals surface area contributed by atoms with Gasteiger partial charge in [-0.05, 0) is 53.2 Å². The molecular weight excluding hydrogens is 285 g/mol. The number of nitrogens with one attached hydrogen (secondary N) is 1. The number of halogens is 2. The Balaban J connectivity index is 0. The number of likely N-dealkylation sites (N-methyl/N-ethyl adjacent to an activating group) is 1. The van der Waals surface area contributed by atoms with Gasteiger partial charge >= 0.3 is 0 Å². The molecular formula is C13H29Cl2N3O. The van der Waals surface area contributed by atoms with Gasteiger partial charge in [0.25, 0.3) is 0 Å². The smallest absolute Gasteiger partial charge is 0.236 e. The maximum Gasteiger partial charge on any atom is 0.236 e. The third-order valence-electron chi connectivity index (χ3n) is 3.73. The Morgan fingerprint density at radius 3 is 2.26 bits per heavy atom. The molecule has 0 unspecified atom stereocenters. The highest BCUT2D eigenvalue weighted by Crippen LogP contribution is 2.16. The molecule has 1 fully saturated rings. The SMILES string of the molecule is CNCC1CCN(C(=O)CN(C)C(C)C)CC1.Cl.Cl. The van der Waals surface area contributed by atoms with E-state index in [4.69, 9.17) is 0 Å². The van der Waals surface area contributed by atoms with Crippen LogP contribution in [-0.4, -0.2) is 62.0 Å². The topological polar surface area (TPSA) is 35.6 Å². The zero-order valence-electron chi connectivity index (χ0n) is 12.5. The number of nitrogens with zero attached hydrogens (tertiary/aromatic N) is 2. The van der Waals surface area contributed by atoms with Crippen molar-refractivity contribution in [1.29, 1.82) is 0 Å². The standard InChI is InChI=1S/C13H27N3O.2ClH/c1-11(2)15(4)10-13(17)16-7-5-12(6-8-16)9-14-3;;/h11-12,14H,5-10H2,1-4H3;2*1H. The molecule has 1 rings (SSSR count). The molecule has 0 spiro atoms. The van der Waals surface area contributed by atoms with Crippen molar-refractivity contribution in [3.8, 4) is 0 Å². The fraction of sp³-hybridized carbons (Fsp3) is 0.923. The highest BCUT2D eigenvalue weighted by Gasteiger charge is 2.23. The molecule has 4 nitrogen and oxygen atoms in total. The number of amides is 1. The first-order valence-corrected chi connectivity index (χ1v) is 6.67. The number of piperidine rings is 1. The van der Waals surface area contributed by atoms with Crippen LogP contribution in [0.2, 0.25) is 0 Å². The second-order valence-corrected chi connectivity index (χ2v) is 5.39. The monoisotopic (exact) mass is 313 g/mol. The molecule has 1 amide bonds. The Kier molecular flexibility index (Phi) is 12.0. The molecule has 0 aromatic heterocycles. The molecule has 0 bridgehead atoms. The van der Waals surface area contributed by atoms with Gasteiger partial charge in [0, 0.05) is 19.1 Å². The van der Waals surface area contributed by atoms with Crippen molar-refractivity contribution in [2.24, 2.45) is 5.92 Å². The summed E-state index contributed by atoms with van der Waals surface area (Å²) in [6.45, 7) is 7.72. The number of carbonyl (C=O) groups excluding carboxylic acids is 1. The van der Waals surface area contributed by atoms with Crippen LogP contribution < -0.4 is 5.32 Å². The van der Waals surface area contributed by atoms with Crippen molar-refractivity contribution in [2.75, 3.05) is 40.3 Å². The van der Waals surface area contributed by atoms with Gasteiger partial charge in [-0.15, -0.1) is 24.8 Å². The molecule has 0 atom stereocenters. The minimum atomic E-state index is 0. The summed E-state index contributed by atoms with van der Waals surface area (Å²) in [5.41, 5.74) is 0. The Morgan fingerprint density at radius 2 is 1.84 bits per heavy atom. The lowest BCUT2D eigenvalue weighted by Gasteiger charge is -2.33. The Bertz CT molecular complexity index is 244. The van der Waals surface area contributed by atoms with E-state index in [1.165, 1.54) is 0 Å². The molecule has 0 radical (unpaired) electrons. The zero-order valence-corrected chi connectivity index (χ0v) is 14.1. The van der Waals surface area contributed by atoms with Crippen molar-refractivity contribution in [2.45, 2.75) is 32.7 Å². The van der Waals surface area contributed by atoms with Gasteiger partial charge < -0.3 is 10.2 Å². The van der Waals surface area contributed by atoms with E-state index in [0.29, 0.717) is 12.6 Å². The van der Waals surface area contributed by atoms with E-state index in [2.05, 4.69) is 24.1 Å². The lowest BCUT2D eigenvalue weighted by atomic mass is 9.97. The molecule has 0 aromatic carbocycles. The fourth-order valence-electron chi connectivity index (χ4n) is 2.17. The first-order chi connectivity index (χ1) is 8.04. The van der Waals surface area contributed by atoms with Gasteiger partial charge in [-0.1, -0.05) is 0 Å². The highest BCUT2D eigenvalue weighted by molar-refractivity contribution is 5.85. The minimum absolute atomic E-state index is 0.